The molecule has 0 amide bonds. The molecule has 2 N–H and O–H groups in total. The molecule has 0 saturated heterocycles. The van der Waals surface area contributed by atoms with Gasteiger partial charge in [0.25, 0.3) is 0 Å². The van der Waals surface area contributed by atoms with E-state index in [9.17, 15) is 0 Å². The Labute approximate surface area is 71.6 Å². The van der Waals surface area contributed by atoms with Crippen LogP contribution in [0, 0.1) is 6.92 Å². The van der Waals surface area contributed by atoms with Crippen LogP contribution in [-0.2, 0) is 0 Å². The minimum absolute atomic E-state index is 0. The minimum atomic E-state index is 0. The van der Waals surface area contributed by atoms with Crippen molar-refractivity contribution in [3.63, 3.8) is 0 Å². The molecule has 1 nitrogen and oxygen atoms in total. The molecule has 12 heavy (non-hydrogen) atoms. The maximum atomic E-state index is 5.43. The summed E-state index contributed by atoms with van der Waals surface area (Å²) in [6.45, 7) is 2.04. The van der Waals surface area contributed by atoms with Crippen LogP contribution in [0.1, 0.15) is 5.56 Å². The molecule has 0 aliphatic rings. The van der Waals surface area contributed by atoms with Gasteiger partial charge in [0, 0.05) is 5.69 Å². The van der Waals surface area contributed by atoms with E-state index >= 15 is 0 Å². The normalized spacial score (nSPS) is 6.08. The first-order valence-corrected chi connectivity index (χ1v) is 2.61. The second-order valence-electron chi connectivity index (χ2n) is 1.91. The third-order valence-corrected chi connectivity index (χ3v) is 1.08. The summed E-state index contributed by atoms with van der Waals surface area (Å²) in [4.78, 5) is 0. The third-order valence-electron chi connectivity index (χ3n) is 1.08. The van der Waals surface area contributed by atoms with Crippen LogP contribution in [-0.4, -0.2) is 8.41 Å². The van der Waals surface area contributed by atoms with E-state index in [0.717, 1.165) is 5.69 Å². The van der Waals surface area contributed by atoms with Crippen LogP contribution in [0.5, 0.6) is 0 Å². The Morgan fingerprint density at radius 3 is 1.50 bits per heavy atom. The van der Waals surface area contributed by atoms with Crippen molar-refractivity contribution in [2.45, 2.75) is 6.92 Å². The van der Waals surface area contributed by atoms with Crippen molar-refractivity contribution in [3.8, 4) is 0 Å². The summed E-state index contributed by atoms with van der Waals surface area (Å²) in [6.07, 6.45) is 0. The van der Waals surface area contributed by atoms with Crippen molar-refractivity contribution in [2.24, 2.45) is 0 Å². The molecule has 5 heteroatoms. The Hall–Kier alpha value is -1.13. The number of anilines is 1. The number of halogens is 3. The Balaban J connectivity index is -0.0000000800. The fourth-order valence-electron chi connectivity index (χ4n) is 0.566. The van der Waals surface area contributed by atoms with Gasteiger partial charge in [0.05, 0.1) is 0 Å². The fraction of sp³-hybridized carbons (Fsp3) is 0.143. The van der Waals surface area contributed by atoms with E-state index in [1.165, 1.54) is 5.56 Å². The average molecular weight is 175 g/mol. The Morgan fingerprint density at radius 2 is 1.25 bits per heavy atom. The van der Waals surface area contributed by atoms with E-state index in [1.807, 2.05) is 31.2 Å². The fourth-order valence-corrected chi connectivity index (χ4v) is 0.566. The Bertz CT molecular complexity index is 158. The first kappa shape index (κ1) is 22.4. The molecule has 0 bridgehead atoms. The molecule has 0 aliphatic heterocycles. The molecular weight excluding hydrogens is 166 g/mol. The Morgan fingerprint density at radius 1 is 0.917 bits per heavy atom. The molecule has 0 radical (unpaired) electrons. The first-order valence-electron chi connectivity index (χ1n) is 2.61. The van der Waals surface area contributed by atoms with Gasteiger partial charge in [0.2, 0.25) is 0 Å². The zero-order valence-electron chi connectivity index (χ0n) is 6.60. The van der Waals surface area contributed by atoms with Gasteiger partial charge in [-0.15, -0.1) is 0 Å². The maximum absolute atomic E-state index is 5.43. The number of benzene rings is 1. The molecule has 0 fully saturated rings. The second kappa shape index (κ2) is 9.87. The van der Waals surface area contributed by atoms with Gasteiger partial charge >= 0.3 is 8.41 Å². The number of rotatable bonds is 0. The summed E-state index contributed by atoms with van der Waals surface area (Å²) >= 11 is 0. The van der Waals surface area contributed by atoms with Gasteiger partial charge in [0.1, 0.15) is 0 Å². The van der Waals surface area contributed by atoms with Crippen LogP contribution in [0.25, 0.3) is 0 Å². The summed E-state index contributed by atoms with van der Waals surface area (Å²) in [5.41, 5.74) is 7.51. The smallest absolute Gasteiger partial charge is 1.00 e. The van der Waals surface area contributed by atoms with Crippen LogP contribution >= 0.6 is 0 Å². The SMILES string of the molecule is Cc1ccc(N)cc1.[B+3].[F-].[F-].[F-]. The van der Waals surface area contributed by atoms with Crippen LogP contribution in [0.4, 0.5) is 5.69 Å². The summed E-state index contributed by atoms with van der Waals surface area (Å²) in [7, 11) is 0. The molecule has 0 saturated carbocycles. The van der Waals surface area contributed by atoms with Gasteiger partial charge in [-0.3, -0.25) is 0 Å². The van der Waals surface area contributed by atoms with E-state index in [0.29, 0.717) is 0 Å². The molecule has 0 atom stereocenters. The molecule has 66 valence electrons. The van der Waals surface area contributed by atoms with E-state index in [4.69, 9.17) is 5.73 Å². The molecule has 0 unspecified atom stereocenters. The van der Waals surface area contributed by atoms with Crippen molar-refractivity contribution in [1.29, 1.82) is 0 Å². The number of aryl methyl sites for hydroxylation is 1. The predicted octanol–water partition coefficient (Wildman–Crippen LogP) is -7.79. The molecule has 1 aromatic carbocycles. The summed E-state index contributed by atoms with van der Waals surface area (Å²) < 4.78 is 0. The van der Waals surface area contributed by atoms with Crippen molar-refractivity contribution in [1.82, 2.24) is 0 Å². The molecule has 0 aromatic heterocycles. The van der Waals surface area contributed by atoms with E-state index in [2.05, 4.69) is 0 Å². The summed E-state index contributed by atoms with van der Waals surface area (Å²) in [6, 6.07) is 7.79. The average Bonchev–Trinajstić information content (AvgIpc) is 1.77. The number of hydrogen-bond acceptors (Lipinski definition) is 1. The van der Waals surface area contributed by atoms with Gasteiger partial charge < -0.3 is 19.8 Å². The van der Waals surface area contributed by atoms with Crippen LogP contribution in [0.3, 0.4) is 0 Å². The molecular formula is C7H9BF3N. The molecule has 0 aliphatic carbocycles. The number of nitrogen functional groups attached to an aromatic ring is 1. The van der Waals surface area contributed by atoms with Crippen LogP contribution in [0.15, 0.2) is 24.3 Å². The van der Waals surface area contributed by atoms with E-state index < -0.39 is 0 Å². The predicted molar refractivity (Wildman–Crippen MR) is 41.3 cm³/mol. The molecule has 1 aromatic rings. The second-order valence-corrected chi connectivity index (χ2v) is 1.91. The minimum Gasteiger partial charge on any atom is -1.00 e. The van der Waals surface area contributed by atoms with Gasteiger partial charge in [-0.2, -0.15) is 0 Å². The van der Waals surface area contributed by atoms with E-state index in [-0.39, 0.29) is 22.5 Å². The zero-order valence-corrected chi connectivity index (χ0v) is 6.60. The van der Waals surface area contributed by atoms with Crippen molar-refractivity contribution in [3.05, 3.63) is 29.8 Å². The molecule has 1 rings (SSSR count). The van der Waals surface area contributed by atoms with Gasteiger partial charge in [0.15, 0.2) is 0 Å². The third kappa shape index (κ3) is 6.99. The van der Waals surface area contributed by atoms with Crippen LogP contribution < -0.4 is 19.8 Å². The Kier molecular flexibility index (Phi) is 18.5. The van der Waals surface area contributed by atoms with Crippen molar-refractivity contribution >= 4 is 14.1 Å². The van der Waals surface area contributed by atoms with Crippen molar-refractivity contribution in [2.75, 3.05) is 5.73 Å². The number of nitrogens with two attached hydrogens (primary N) is 1. The van der Waals surface area contributed by atoms with E-state index in [1.54, 1.807) is 0 Å². The summed E-state index contributed by atoms with van der Waals surface area (Å²) in [5.74, 6) is 0. The molecule has 0 heterocycles. The van der Waals surface area contributed by atoms with Gasteiger partial charge in [-0.25, -0.2) is 0 Å². The number of hydrogen-bond donors (Lipinski definition) is 1. The maximum Gasteiger partial charge on any atom is 3.00 e. The summed E-state index contributed by atoms with van der Waals surface area (Å²) in [5, 5.41) is 0. The van der Waals surface area contributed by atoms with Crippen molar-refractivity contribution < 1.29 is 14.1 Å². The standard InChI is InChI=1S/C7H9N.B.3FH/c1-6-2-4-7(8)5-3-6;;;;/h2-5H,8H2,1H3;;3*1H/q;+3;;;/p-3. The largest absolute Gasteiger partial charge is 3.00 e. The van der Waals surface area contributed by atoms with Gasteiger partial charge in [-0.1, -0.05) is 17.7 Å². The zero-order chi connectivity index (χ0) is 5.98. The first-order chi connectivity index (χ1) is 3.79. The molecule has 0 spiro atoms. The monoisotopic (exact) mass is 175 g/mol. The van der Waals surface area contributed by atoms with Crippen LogP contribution in [0.2, 0.25) is 0 Å². The van der Waals surface area contributed by atoms with Gasteiger partial charge in [-0.05, 0) is 19.1 Å². The quantitative estimate of drug-likeness (QED) is 0.307. The topological polar surface area (TPSA) is 26.0 Å².